The fraction of sp³-hybridized carbons (Fsp3) is 0.214. The zero-order valence-electron chi connectivity index (χ0n) is 20.8. The van der Waals surface area contributed by atoms with Crippen molar-refractivity contribution in [2.45, 2.75) is 32.8 Å². The number of aromatic hydroxyl groups is 1. The maximum absolute atomic E-state index is 12.9. The van der Waals surface area contributed by atoms with Crippen LogP contribution in [0.3, 0.4) is 0 Å². The number of rotatable bonds is 9. The molecule has 0 aliphatic rings. The minimum atomic E-state index is -0.807. The summed E-state index contributed by atoms with van der Waals surface area (Å²) in [6.07, 6.45) is 2.81. The number of nitrogen functional groups attached to an aromatic ring is 1. The van der Waals surface area contributed by atoms with E-state index >= 15 is 0 Å². The molecule has 0 aliphatic heterocycles. The molecule has 2 amide bonds. The molecule has 0 radical (unpaired) electrons. The summed E-state index contributed by atoms with van der Waals surface area (Å²) in [6, 6.07) is 17.6. The predicted octanol–water partition coefficient (Wildman–Crippen LogP) is 8.55. The number of phenolic OH excluding ortho intramolecular Hbond substituents is 1. The van der Waals surface area contributed by atoms with Crippen LogP contribution in [0.2, 0.25) is 0 Å². The van der Waals surface area contributed by atoms with Crippen molar-refractivity contribution in [1.29, 1.82) is 0 Å². The molecule has 0 heterocycles. The summed E-state index contributed by atoms with van der Waals surface area (Å²) in [4.78, 5) is 25.2. The molecule has 3 aromatic rings. The maximum Gasteiger partial charge on any atom is 0.412 e. The summed E-state index contributed by atoms with van der Waals surface area (Å²) in [5, 5.41) is 16.3. The van der Waals surface area contributed by atoms with Gasteiger partial charge in [-0.15, -0.1) is 0 Å². The van der Waals surface area contributed by atoms with Gasteiger partial charge in [0, 0.05) is 25.6 Å². The lowest BCUT2D eigenvalue weighted by atomic mass is 9.78. The molecule has 5 N–H and O–H groups in total. The highest BCUT2D eigenvalue weighted by Crippen LogP contribution is 2.46. The summed E-state index contributed by atoms with van der Waals surface area (Å²) in [5.74, 6) is -0.311. The molecule has 38 heavy (non-hydrogen) atoms. The molecule has 10 heteroatoms. The van der Waals surface area contributed by atoms with E-state index in [1.165, 1.54) is 6.08 Å². The van der Waals surface area contributed by atoms with E-state index < -0.39 is 17.6 Å². The highest BCUT2D eigenvalue weighted by molar-refractivity contribution is 9.11. The van der Waals surface area contributed by atoms with Crippen LogP contribution in [0.4, 0.5) is 21.9 Å². The van der Waals surface area contributed by atoms with E-state index in [-0.39, 0.29) is 11.7 Å². The van der Waals surface area contributed by atoms with Crippen LogP contribution in [0.1, 0.15) is 38.4 Å². The Morgan fingerprint density at radius 3 is 2.39 bits per heavy atom. The number of anilines is 3. The zero-order valence-corrected chi connectivity index (χ0v) is 25.6. The zero-order chi connectivity index (χ0) is 27.9. The van der Waals surface area contributed by atoms with Gasteiger partial charge < -0.3 is 20.9 Å². The number of benzene rings is 3. The third-order valence-electron chi connectivity index (χ3n) is 5.81. The summed E-state index contributed by atoms with van der Waals surface area (Å²) >= 11 is 10.2. The first-order valence-electron chi connectivity index (χ1n) is 11.7. The summed E-state index contributed by atoms with van der Waals surface area (Å²) in [7, 11) is 0. The Morgan fingerprint density at radius 2 is 1.71 bits per heavy atom. The van der Waals surface area contributed by atoms with Gasteiger partial charge in [0.1, 0.15) is 11.9 Å². The lowest BCUT2D eigenvalue weighted by Crippen LogP contribution is -2.29. The van der Waals surface area contributed by atoms with E-state index in [0.29, 0.717) is 44.4 Å². The molecule has 0 bridgehead atoms. The third kappa shape index (κ3) is 8.34. The SMILES string of the molecule is CC(C)(CC/C=C/C(=O)Nc1ccccc1N)[C@@H](OC(=O)Nc1ccc(Br)cc1)c1cc(Br)cc(Br)c1O. The smallest absolute Gasteiger partial charge is 0.412 e. The largest absolute Gasteiger partial charge is 0.506 e. The Bertz CT molecular complexity index is 1330. The van der Waals surface area contributed by atoms with Crippen molar-refractivity contribution in [2.24, 2.45) is 5.41 Å². The first-order chi connectivity index (χ1) is 18.0. The lowest BCUT2D eigenvalue weighted by Gasteiger charge is -2.34. The Labute approximate surface area is 247 Å². The molecule has 200 valence electrons. The number of halogens is 3. The number of hydrogen-bond donors (Lipinski definition) is 4. The van der Waals surface area contributed by atoms with E-state index in [9.17, 15) is 14.7 Å². The molecule has 0 fully saturated rings. The molecule has 0 aliphatic carbocycles. The maximum atomic E-state index is 12.9. The fourth-order valence-electron chi connectivity index (χ4n) is 3.78. The van der Waals surface area contributed by atoms with Gasteiger partial charge in [-0.1, -0.05) is 63.9 Å². The number of allylic oxidation sites excluding steroid dienone is 1. The third-order valence-corrected chi connectivity index (χ3v) is 7.40. The van der Waals surface area contributed by atoms with Gasteiger partial charge in [-0.05, 0) is 83.4 Å². The van der Waals surface area contributed by atoms with Gasteiger partial charge in [-0.25, -0.2) is 4.79 Å². The Hall–Kier alpha value is -2.82. The number of nitrogens with two attached hydrogens (primary N) is 1. The average Bonchev–Trinajstić information content (AvgIpc) is 2.85. The Morgan fingerprint density at radius 1 is 1.03 bits per heavy atom. The first kappa shape index (κ1) is 29.7. The van der Waals surface area contributed by atoms with Crippen LogP contribution in [0, 0.1) is 5.41 Å². The van der Waals surface area contributed by atoms with E-state index in [0.717, 1.165) is 4.47 Å². The topological polar surface area (TPSA) is 114 Å². The van der Waals surface area contributed by atoms with Crippen LogP contribution in [-0.2, 0) is 9.53 Å². The lowest BCUT2D eigenvalue weighted by molar-refractivity contribution is -0.111. The van der Waals surface area contributed by atoms with E-state index in [4.69, 9.17) is 10.5 Å². The molecule has 3 aromatic carbocycles. The molecule has 7 nitrogen and oxygen atoms in total. The second-order valence-corrected chi connectivity index (χ2v) is 11.9. The Balaban J connectivity index is 1.75. The average molecular weight is 710 g/mol. The van der Waals surface area contributed by atoms with E-state index in [1.807, 2.05) is 26.0 Å². The monoisotopic (exact) mass is 707 g/mol. The van der Waals surface area contributed by atoms with Crippen molar-refractivity contribution < 1.29 is 19.4 Å². The molecule has 0 aromatic heterocycles. The van der Waals surface area contributed by atoms with Crippen molar-refractivity contribution >= 4 is 76.9 Å². The number of carbonyl (C=O) groups excluding carboxylic acids is 2. The summed E-state index contributed by atoms with van der Waals surface area (Å²) in [6.45, 7) is 3.88. The number of para-hydroxylation sites is 2. The molecular formula is C28H28Br3N3O4. The fourth-order valence-corrected chi connectivity index (χ4v) is 5.30. The number of nitrogens with one attached hydrogen (secondary N) is 2. The minimum Gasteiger partial charge on any atom is -0.506 e. The molecule has 0 saturated heterocycles. The molecule has 0 saturated carbocycles. The van der Waals surface area contributed by atoms with Crippen LogP contribution in [0.15, 0.2) is 86.2 Å². The van der Waals surface area contributed by atoms with E-state index in [1.54, 1.807) is 54.6 Å². The van der Waals surface area contributed by atoms with Crippen LogP contribution in [0.5, 0.6) is 5.75 Å². The van der Waals surface area contributed by atoms with Gasteiger partial charge >= 0.3 is 6.09 Å². The van der Waals surface area contributed by atoms with Gasteiger partial charge in [0.05, 0.1) is 15.8 Å². The molecule has 0 spiro atoms. The van der Waals surface area contributed by atoms with Gasteiger partial charge in [-0.2, -0.15) is 0 Å². The second-order valence-electron chi connectivity index (χ2n) is 9.25. The standard InChI is InChI=1S/C28H28Br3N3O4/c1-28(2,14-6-5-9-24(35)34-23-8-4-3-7-22(23)32)26(20-15-18(30)16-21(31)25(20)36)38-27(37)33-19-12-10-17(29)11-13-19/h3-5,7-13,15-16,26,36H,6,14,32H2,1-2H3,(H,33,37)(H,34,35)/b9-5+/t26-/m0/s1. The van der Waals surface area contributed by atoms with Crippen LogP contribution >= 0.6 is 47.8 Å². The number of phenols is 1. The molecular weight excluding hydrogens is 682 g/mol. The number of hydrogen-bond acceptors (Lipinski definition) is 5. The summed E-state index contributed by atoms with van der Waals surface area (Å²) < 4.78 is 7.98. The van der Waals surface area contributed by atoms with Gasteiger partial charge in [0.15, 0.2) is 0 Å². The first-order valence-corrected chi connectivity index (χ1v) is 14.1. The van der Waals surface area contributed by atoms with Crippen LogP contribution in [0.25, 0.3) is 0 Å². The second kappa shape index (κ2) is 13.3. The Kier molecular flexibility index (Phi) is 10.4. The van der Waals surface area contributed by atoms with Crippen molar-refractivity contribution in [3.05, 3.63) is 91.8 Å². The van der Waals surface area contributed by atoms with Crippen LogP contribution < -0.4 is 16.4 Å². The number of carbonyl (C=O) groups is 2. The van der Waals surface area contributed by atoms with Crippen molar-refractivity contribution in [1.82, 2.24) is 0 Å². The number of ether oxygens (including phenoxy) is 1. The van der Waals surface area contributed by atoms with Gasteiger partial charge in [0.25, 0.3) is 0 Å². The molecule has 3 rings (SSSR count). The highest BCUT2D eigenvalue weighted by Gasteiger charge is 2.36. The minimum absolute atomic E-state index is 0.0157. The van der Waals surface area contributed by atoms with Crippen molar-refractivity contribution in [3.8, 4) is 5.75 Å². The molecule has 0 unspecified atom stereocenters. The van der Waals surface area contributed by atoms with Crippen molar-refractivity contribution in [3.63, 3.8) is 0 Å². The van der Waals surface area contributed by atoms with Gasteiger partial charge in [-0.3, -0.25) is 10.1 Å². The quantitative estimate of drug-likeness (QED) is 0.131. The highest BCUT2D eigenvalue weighted by atomic mass is 79.9. The number of amides is 2. The van der Waals surface area contributed by atoms with Gasteiger partial charge in [0.2, 0.25) is 5.91 Å². The van der Waals surface area contributed by atoms with E-state index in [2.05, 4.69) is 58.4 Å². The normalized spacial score (nSPS) is 12.2. The molecule has 1 atom stereocenters. The van der Waals surface area contributed by atoms with Crippen LogP contribution in [-0.4, -0.2) is 17.1 Å². The summed E-state index contributed by atoms with van der Waals surface area (Å²) in [5.41, 5.74) is 7.30. The predicted molar refractivity (Wildman–Crippen MR) is 162 cm³/mol. The van der Waals surface area contributed by atoms with Crippen molar-refractivity contribution in [2.75, 3.05) is 16.4 Å².